The summed E-state index contributed by atoms with van der Waals surface area (Å²) in [4.78, 5) is 0. The van der Waals surface area contributed by atoms with Gasteiger partial charge in [-0.1, -0.05) is 12.1 Å². The van der Waals surface area contributed by atoms with Crippen molar-refractivity contribution in [3.05, 3.63) is 35.6 Å². The molecule has 1 heterocycles. The molecule has 1 N–H and O–H groups in total. The second-order valence-corrected chi connectivity index (χ2v) is 3.27. The normalized spacial score (nSPS) is 27.8. The van der Waals surface area contributed by atoms with Crippen molar-refractivity contribution in [3.63, 3.8) is 0 Å². The molecule has 2 rings (SSSR count). The van der Waals surface area contributed by atoms with Gasteiger partial charge in [-0.25, -0.2) is 4.39 Å². The highest BCUT2D eigenvalue weighted by molar-refractivity contribution is 5.21. The number of ether oxygens (including phenoxy) is 1. The van der Waals surface area contributed by atoms with Crippen LogP contribution in [0.1, 0.15) is 17.9 Å². The van der Waals surface area contributed by atoms with Crippen molar-refractivity contribution in [3.8, 4) is 0 Å². The molecule has 0 spiro atoms. The number of hydrogen-bond acceptors (Lipinski definition) is 2. The molecule has 1 aromatic carbocycles. The molecule has 0 saturated carbocycles. The van der Waals surface area contributed by atoms with E-state index in [9.17, 15) is 4.39 Å². The molecule has 1 fully saturated rings. The monoisotopic (exact) mass is 182 g/mol. The molecular formula is C10H11FO2. The average Bonchev–Trinajstić information content (AvgIpc) is 2.53. The summed E-state index contributed by atoms with van der Waals surface area (Å²) >= 11 is 0. The molecule has 2 unspecified atom stereocenters. The minimum atomic E-state index is -0.657. The summed E-state index contributed by atoms with van der Waals surface area (Å²) in [5.74, 6) is -0.0289. The van der Waals surface area contributed by atoms with E-state index < -0.39 is 6.29 Å². The average molecular weight is 182 g/mol. The van der Waals surface area contributed by atoms with E-state index in [1.165, 1.54) is 12.1 Å². The number of hydrogen-bond donors (Lipinski definition) is 1. The van der Waals surface area contributed by atoms with Crippen molar-refractivity contribution in [2.24, 2.45) is 0 Å². The van der Waals surface area contributed by atoms with Crippen LogP contribution in [0.25, 0.3) is 0 Å². The van der Waals surface area contributed by atoms with Crippen molar-refractivity contribution < 1.29 is 14.2 Å². The maximum Gasteiger partial charge on any atom is 0.155 e. The molecule has 70 valence electrons. The van der Waals surface area contributed by atoms with Gasteiger partial charge in [0.2, 0.25) is 0 Å². The third-order valence-electron chi connectivity index (χ3n) is 2.32. The van der Waals surface area contributed by atoms with Crippen LogP contribution in [-0.2, 0) is 4.74 Å². The van der Waals surface area contributed by atoms with Gasteiger partial charge < -0.3 is 9.84 Å². The second kappa shape index (κ2) is 3.44. The Morgan fingerprint density at radius 3 is 2.54 bits per heavy atom. The van der Waals surface area contributed by atoms with Gasteiger partial charge in [-0.05, 0) is 17.7 Å². The van der Waals surface area contributed by atoms with Crippen molar-refractivity contribution in [1.82, 2.24) is 0 Å². The molecule has 2 atom stereocenters. The Morgan fingerprint density at radius 2 is 2.00 bits per heavy atom. The van der Waals surface area contributed by atoms with Gasteiger partial charge >= 0.3 is 0 Å². The van der Waals surface area contributed by atoms with Gasteiger partial charge in [0.1, 0.15) is 5.82 Å². The van der Waals surface area contributed by atoms with Gasteiger partial charge in [-0.15, -0.1) is 0 Å². The molecule has 0 aromatic heterocycles. The van der Waals surface area contributed by atoms with E-state index in [0.29, 0.717) is 13.0 Å². The van der Waals surface area contributed by atoms with Crippen LogP contribution in [0, 0.1) is 5.82 Å². The van der Waals surface area contributed by atoms with E-state index in [4.69, 9.17) is 9.84 Å². The van der Waals surface area contributed by atoms with Gasteiger partial charge in [0.15, 0.2) is 6.29 Å². The molecule has 1 aromatic rings. The van der Waals surface area contributed by atoms with Gasteiger partial charge in [0.05, 0.1) is 6.61 Å². The fourth-order valence-corrected chi connectivity index (χ4v) is 1.57. The maximum absolute atomic E-state index is 12.6. The fourth-order valence-electron chi connectivity index (χ4n) is 1.57. The number of aliphatic hydroxyl groups is 1. The van der Waals surface area contributed by atoms with Crippen LogP contribution in [0.15, 0.2) is 24.3 Å². The Labute approximate surface area is 76.0 Å². The molecule has 2 nitrogen and oxygen atoms in total. The Balaban J connectivity index is 2.13. The highest BCUT2D eigenvalue weighted by atomic mass is 19.1. The van der Waals surface area contributed by atoms with E-state index in [2.05, 4.69) is 0 Å². The van der Waals surface area contributed by atoms with Gasteiger partial charge in [-0.3, -0.25) is 0 Å². The zero-order chi connectivity index (χ0) is 9.26. The van der Waals surface area contributed by atoms with Crippen LogP contribution in [0.3, 0.4) is 0 Å². The Bertz CT molecular complexity index is 283. The van der Waals surface area contributed by atoms with E-state index in [1.54, 1.807) is 12.1 Å². The van der Waals surface area contributed by atoms with E-state index in [0.717, 1.165) is 5.56 Å². The number of aliphatic hydroxyl groups excluding tert-OH is 1. The molecular weight excluding hydrogens is 171 g/mol. The summed E-state index contributed by atoms with van der Waals surface area (Å²) in [6.45, 7) is 0.521. The lowest BCUT2D eigenvalue weighted by atomic mass is 9.98. The lowest BCUT2D eigenvalue weighted by Gasteiger charge is -2.06. The quantitative estimate of drug-likeness (QED) is 0.715. The largest absolute Gasteiger partial charge is 0.368 e. The molecule has 0 amide bonds. The molecule has 1 aliphatic heterocycles. The van der Waals surface area contributed by atoms with E-state index in [1.807, 2.05) is 0 Å². The summed E-state index contributed by atoms with van der Waals surface area (Å²) in [6, 6.07) is 6.34. The van der Waals surface area contributed by atoms with Gasteiger partial charge in [0.25, 0.3) is 0 Å². The van der Waals surface area contributed by atoms with Crippen LogP contribution in [0.2, 0.25) is 0 Å². The van der Waals surface area contributed by atoms with Crippen LogP contribution in [0.5, 0.6) is 0 Å². The van der Waals surface area contributed by atoms with Crippen molar-refractivity contribution >= 4 is 0 Å². The van der Waals surface area contributed by atoms with Crippen LogP contribution in [-0.4, -0.2) is 18.0 Å². The minimum Gasteiger partial charge on any atom is -0.368 e. The van der Waals surface area contributed by atoms with Gasteiger partial charge in [0, 0.05) is 12.3 Å². The van der Waals surface area contributed by atoms with Crippen LogP contribution >= 0.6 is 0 Å². The molecule has 3 heteroatoms. The second-order valence-electron chi connectivity index (χ2n) is 3.27. The first-order chi connectivity index (χ1) is 6.25. The molecule has 0 radical (unpaired) electrons. The first-order valence-corrected chi connectivity index (χ1v) is 4.31. The fraction of sp³-hybridized carbons (Fsp3) is 0.400. The Hall–Kier alpha value is -0.930. The number of rotatable bonds is 1. The highest BCUT2D eigenvalue weighted by Crippen LogP contribution is 2.28. The third kappa shape index (κ3) is 1.87. The topological polar surface area (TPSA) is 29.5 Å². The highest BCUT2D eigenvalue weighted by Gasteiger charge is 2.24. The summed E-state index contributed by atoms with van der Waals surface area (Å²) in [6.07, 6.45) is -0.0545. The third-order valence-corrected chi connectivity index (χ3v) is 2.32. The lowest BCUT2D eigenvalue weighted by molar-refractivity contribution is -0.0589. The Kier molecular flexibility index (Phi) is 2.29. The molecule has 1 saturated heterocycles. The standard InChI is InChI=1S/C10H11FO2/c11-9-3-1-7(2-4-9)8-5-10(12)13-6-8/h1-4,8,10,12H,5-6H2. The SMILES string of the molecule is OC1CC(c2ccc(F)cc2)CO1. The lowest BCUT2D eigenvalue weighted by Crippen LogP contribution is -2.00. The number of benzene rings is 1. The predicted molar refractivity (Wildman–Crippen MR) is 45.7 cm³/mol. The van der Waals surface area contributed by atoms with Gasteiger partial charge in [-0.2, -0.15) is 0 Å². The van der Waals surface area contributed by atoms with Crippen LogP contribution in [0.4, 0.5) is 4.39 Å². The maximum atomic E-state index is 12.6. The summed E-state index contributed by atoms with van der Waals surface area (Å²) in [7, 11) is 0. The van der Waals surface area contributed by atoms with Crippen molar-refractivity contribution in [2.45, 2.75) is 18.6 Å². The molecule has 0 aliphatic carbocycles. The Morgan fingerprint density at radius 1 is 1.31 bits per heavy atom. The summed E-state index contributed by atoms with van der Waals surface area (Å²) in [5.41, 5.74) is 1.03. The summed E-state index contributed by atoms with van der Waals surface area (Å²) in [5, 5.41) is 9.12. The van der Waals surface area contributed by atoms with Crippen LogP contribution < -0.4 is 0 Å². The molecule has 1 aliphatic rings. The molecule has 13 heavy (non-hydrogen) atoms. The predicted octanol–water partition coefficient (Wildman–Crippen LogP) is 1.65. The zero-order valence-corrected chi connectivity index (χ0v) is 7.11. The first kappa shape index (κ1) is 8.66. The summed E-state index contributed by atoms with van der Waals surface area (Å²) < 4.78 is 17.6. The number of halogens is 1. The minimum absolute atomic E-state index is 0.204. The first-order valence-electron chi connectivity index (χ1n) is 4.31. The van der Waals surface area contributed by atoms with E-state index in [-0.39, 0.29) is 11.7 Å². The van der Waals surface area contributed by atoms with Crippen molar-refractivity contribution in [2.75, 3.05) is 6.61 Å². The smallest absolute Gasteiger partial charge is 0.155 e. The zero-order valence-electron chi connectivity index (χ0n) is 7.11. The molecule has 0 bridgehead atoms. The van der Waals surface area contributed by atoms with Crippen molar-refractivity contribution in [1.29, 1.82) is 0 Å². The van der Waals surface area contributed by atoms with E-state index >= 15 is 0 Å².